The van der Waals surface area contributed by atoms with E-state index in [-0.39, 0.29) is 6.04 Å². The summed E-state index contributed by atoms with van der Waals surface area (Å²) in [5.41, 5.74) is 8.12. The van der Waals surface area contributed by atoms with Crippen LogP contribution in [0.15, 0.2) is 28.4 Å². The lowest BCUT2D eigenvalue weighted by Gasteiger charge is -2.08. The van der Waals surface area contributed by atoms with Gasteiger partial charge in [0.1, 0.15) is 10.1 Å². The Hall–Kier alpha value is -1.04. The van der Waals surface area contributed by atoms with Crippen molar-refractivity contribution in [2.75, 3.05) is 0 Å². The Morgan fingerprint density at radius 2 is 2.21 bits per heavy atom. The van der Waals surface area contributed by atoms with E-state index in [2.05, 4.69) is 10.1 Å². The molecule has 0 aliphatic carbocycles. The average molecular weight is 297 g/mol. The number of hydrogen-bond donors (Lipinski definition) is 1. The van der Waals surface area contributed by atoms with Gasteiger partial charge in [-0.25, -0.2) is 4.98 Å². The van der Waals surface area contributed by atoms with E-state index in [0.29, 0.717) is 5.02 Å². The van der Waals surface area contributed by atoms with Crippen molar-refractivity contribution in [3.8, 4) is 0 Å². The summed E-state index contributed by atoms with van der Waals surface area (Å²) in [6.07, 6.45) is 2.47. The number of halogens is 1. The molecule has 0 aliphatic heterocycles. The topological polar surface area (TPSA) is 56.7 Å². The molecule has 2 aromatic heterocycles. The van der Waals surface area contributed by atoms with Crippen LogP contribution in [0.25, 0.3) is 0 Å². The molecule has 4 nitrogen and oxygen atoms in total. The van der Waals surface area contributed by atoms with Gasteiger partial charge in [-0.1, -0.05) is 23.4 Å². The van der Waals surface area contributed by atoms with Gasteiger partial charge >= 0.3 is 0 Å². The van der Waals surface area contributed by atoms with Gasteiger partial charge in [0.25, 0.3) is 0 Å². The van der Waals surface area contributed by atoms with Crippen LogP contribution in [0.2, 0.25) is 5.02 Å². The Balaban J connectivity index is 2.31. The molecule has 19 heavy (non-hydrogen) atoms. The number of pyridine rings is 1. The minimum absolute atomic E-state index is 0.112. The van der Waals surface area contributed by atoms with E-state index in [4.69, 9.17) is 17.3 Å². The second kappa shape index (κ2) is 5.94. The fourth-order valence-corrected chi connectivity index (χ4v) is 2.97. The monoisotopic (exact) mass is 296 g/mol. The number of rotatable bonds is 4. The average Bonchev–Trinajstić information content (AvgIpc) is 2.58. The summed E-state index contributed by atoms with van der Waals surface area (Å²) >= 11 is 7.43. The zero-order valence-corrected chi connectivity index (χ0v) is 12.8. The number of nitrogens with two attached hydrogens (primary N) is 1. The molecule has 0 fully saturated rings. The molecule has 0 radical (unpaired) electrons. The van der Waals surface area contributed by atoms with Crippen molar-refractivity contribution in [1.29, 1.82) is 0 Å². The molecule has 6 heteroatoms. The summed E-state index contributed by atoms with van der Waals surface area (Å²) in [6, 6.07) is 3.86. The van der Waals surface area contributed by atoms with Crippen molar-refractivity contribution in [2.45, 2.75) is 36.4 Å². The quantitative estimate of drug-likeness (QED) is 0.942. The van der Waals surface area contributed by atoms with E-state index >= 15 is 0 Å². The summed E-state index contributed by atoms with van der Waals surface area (Å²) in [4.78, 5) is 4.30. The van der Waals surface area contributed by atoms with Crippen LogP contribution in [-0.2, 0) is 13.5 Å². The smallest absolute Gasteiger partial charge is 0.103 e. The van der Waals surface area contributed by atoms with Crippen LogP contribution in [0.4, 0.5) is 0 Å². The Morgan fingerprint density at radius 1 is 1.47 bits per heavy atom. The van der Waals surface area contributed by atoms with Crippen molar-refractivity contribution < 1.29 is 0 Å². The number of hydrogen-bond acceptors (Lipinski definition) is 4. The highest BCUT2D eigenvalue weighted by Crippen LogP contribution is 2.31. The molecule has 0 saturated heterocycles. The van der Waals surface area contributed by atoms with Gasteiger partial charge in [0, 0.05) is 24.8 Å². The van der Waals surface area contributed by atoms with Crippen LogP contribution >= 0.6 is 23.4 Å². The zero-order valence-electron chi connectivity index (χ0n) is 11.2. The molecule has 2 rings (SSSR count). The van der Waals surface area contributed by atoms with Crippen LogP contribution in [-0.4, -0.2) is 20.8 Å². The fraction of sp³-hybridized carbons (Fsp3) is 0.385. The molecule has 102 valence electrons. The fourth-order valence-electron chi connectivity index (χ4n) is 1.89. The standard InChI is InChI=1S/C13H17ClN4S/c1-8(15)6-11-9(2)17-18(3)13(11)19-12-5-4-10(14)7-16-12/h4-5,7-8H,6,15H2,1-3H3. The van der Waals surface area contributed by atoms with Crippen LogP contribution in [0.5, 0.6) is 0 Å². The number of nitrogens with zero attached hydrogens (tertiary/aromatic N) is 3. The first-order chi connectivity index (χ1) is 8.97. The summed E-state index contributed by atoms with van der Waals surface area (Å²) in [7, 11) is 1.94. The lowest BCUT2D eigenvalue weighted by molar-refractivity contribution is 0.677. The molecule has 0 amide bonds. The Kier molecular flexibility index (Phi) is 4.50. The lowest BCUT2D eigenvalue weighted by Crippen LogP contribution is -2.18. The number of aromatic nitrogens is 3. The zero-order chi connectivity index (χ0) is 14.0. The molecule has 0 spiro atoms. The highest BCUT2D eigenvalue weighted by Gasteiger charge is 2.16. The Bertz CT molecular complexity index is 563. The van der Waals surface area contributed by atoms with E-state index in [1.807, 2.05) is 37.7 Å². The lowest BCUT2D eigenvalue weighted by atomic mass is 10.1. The molecule has 1 unspecified atom stereocenters. The van der Waals surface area contributed by atoms with E-state index < -0.39 is 0 Å². The molecule has 0 saturated carbocycles. The third-order valence-corrected chi connectivity index (χ3v) is 4.09. The maximum absolute atomic E-state index is 5.91. The summed E-state index contributed by atoms with van der Waals surface area (Å²) in [5.74, 6) is 0. The molecule has 0 bridgehead atoms. The van der Waals surface area contributed by atoms with E-state index in [1.54, 1.807) is 18.0 Å². The molecule has 2 aromatic rings. The van der Waals surface area contributed by atoms with E-state index in [0.717, 1.165) is 22.2 Å². The van der Waals surface area contributed by atoms with Gasteiger partial charge < -0.3 is 5.73 Å². The minimum atomic E-state index is 0.112. The van der Waals surface area contributed by atoms with Crippen LogP contribution < -0.4 is 5.73 Å². The number of aryl methyl sites for hydroxylation is 2. The molecular formula is C13H17ClN4S. The van der Waals surface area contributed by atoms with E-state index in [1.165, 1.54) is 5.56 Å². The minimum Gasteiger partial charge on any atom is -0.328 e. The first-order valence-corrected chi connectivity index (χ1v) is 7.24. The van der Waals surface area contributed by atoms with Gasteiger partial charge in [-0.3, -0.25) is 4.68 Å². The van der Waals surface area contributed by atoms with E-state index in [9.17, 15) is 0 Å². The molecule has 1 atom stereocenters. The second-order valence-electron chi connectivity index (χ2n) is 4.59. The molecule has 0 aliphatic rings. The first-order valence-electron chi connectivity index (χ1n) is 6.05. The van der Waals surface area contributed by atoms with Gasteiger partial charge in [0.15, 0.2) is 0 Å². The largest absolute Gasteiger partial charge is 0.328 e. The Morgan fingerprint density at radius 3 is 2.79 bits per heavy atom. The predicted octanol–water partition coefficient (Wildman–Crippen LogP) is 2.82. The highest BCUT2D eigenvalue weighted by molar-refractivity contribution is 7.99. The van der Waals surface area contributed by atoms with Crippen LogP contribution in [0.3, 0.4) is 0 Å². The van der Waals surface area contributed by atoms with Crippen molar-refractivity contribution in [2.24, 2.45) is 12.8 Å². The van der Waals surface area contributed by atoms with Gasteiger partial charge in [-0.2, -0.15) is 5.10 Å². The predicted molar refractivity (Wildman–Crippen MR) is 78.7 cm³/mol. The molecule has 0 aromatic carbocycles. The normalized spacial score (nSPS) is 12.7. The maximum Gasteiger partial charge on any atom is 0.103 e. The summed E-state index contributed by atoms with van der Waals surface area (Å²) in [5, 5.41) is 7.09. The van der Waals surface area contributed by atoms with Gasteiger partial charge in [0.2, 0.25) is 0 Å². The van der Waals surface area contributed by atoms with Crippen molar-refractivity contribution >= 4 is 23.4 Å². The SMILES string of the molecule is Cc1nn(C)c(Sc2ccc(Cl)cn2)c1CC(C)N. The van der Waals surface area contributed by atoms with Crippen molar-refractivity contribution in [3.63, 3.8) is 0 Å². The van der Waals surface area contributed by atoms with Crippen molar-refractivity contribution in [3.05, 3.63) is 34.6 Å². The van der Waals surface area contributed by atoms with Gasteiger partial charge in [0.05, 0.1) is 10.7 Å². The Labute approximate surface area is 122 Å². The maximum atomic E-state index is 5.91. The van der Waals surface area contributed by atoms with Crippen molar-refractivity contribution in [1.82, 2.24) is 14.8 Å². The molecule has 2 heterocycles. The van der Waals surface area contributed by atoms with Gasteiger partial charge in [-0.15, -0.1) is 0 Å². The molecular weight excluding hydrogens is 280 g/mol. The third-order valence-electron chi connectivity index (χ3n) is 2.72. The second-order valence-corrected chi connectivity index (χ2v) is 6.04. The first kappa shape index (κ1) is 14.4. The van der Waals surface area contributed by atoms with Crippen LogP contribution in [0.1, 0.15) is 18.2 Å². The van der Waals surface area contributed by atoms with Gasteiger partial charge in [-0.05, 0) is 32.4 Å². The summed E-state index contributed by atoms with van der Waals surface area (Å²) < 4.78 is 1.88. The summed E-state index contributed by atoms with van der Waals surface area (Å²) in [6.45, 7) is 4.01. The third kappa shape index (κ3) is 3.49. The highest BCUT2D eigenvalue weighted by atomic mass is 35.5. The molecule has 2 N–H and O–H groups in total. The van der Waals surface area contributed by atoms with Crippen LogP contribution in [0, 0.1) is 6.92 Å².